The Morgan fingerprint density at radius 1 is 1.67 bits per heavy atom. The molecule has 0 aromatic heterocycles. The monoisotopic (exact) mass is 125 g/mol. The smallest absolute Gasteiger partial charge is 0.107 e. The molecule has 0 aromatic carbocycles. The minimum atomic E-state index is 0.208. The Morgan fingerprint density at radius 3 is 2.78 bits per heavy atom. The van der Waals surface area contributed by atoms with E-state index in [2.05, 4.69) is 6.08 Å². The zero-order chi connectivity index (χ0) is 6.69. The van der Waals surface area contributed by atoms with E-state index in [1.807, 2.05) is 12.2 Å². The van der Waals surface area contributed by atoms with Crippen LogP contribution in [0.5, 0.6) is 0 Å². The summed E-state index contributed by atoms with van der Waals surface area (Å²) in [6, 6.07) is 0. The van der Waals surface area contributed by atoms with Gasteiger partial charge < -0.3 is 10.3 Å². The van der Waals surface area contributed by atoms with Gasteiger partial charge in [-0.1, -0.05) is 12.2 Å². The molecule has 0 saturated carbocycles. The molecule has 0 aliphatic heterocycles. The molecule has 0 bridgehead atoms. The molecular weight excluding hydrogens is 114 g/mol. The molecule has 1 N–H and O–H groups in total. The zero-order valence-corrected chi connectivity index (χ0v) is 5.55. The standard InChI is InChI=1S/C7H11NO/c1-8(9)7-5-3-2-4-6-7/h2-3,5,8H,4,6H2,1H3. The number of hydrogen-bond donors (Lipinski definition) is 1. The highest BCUT2D eigenvalue weighted by Gasteiger charge is 2.01. The Bertz CT molecular complexity index is 147. The average molecular weight is 125 g/mol. The third kappa shape index (κ3) is 1.66. The second kappa shape index (κ2) is 2.80. The molecule has 0 fully saturated rings. The quantitative estimate of drug-likeness (QED) is 0.499. The van der Waals surface area contributed by atoms with Gasteiger partial charge in [-0.2, -0.15) is 0 Å². The number of hydrogen-bond acceptors (Lipinski definition) is 1. The minimum Gasteiger partial charge on any atom is -0.629 e. The van der Waals surface area contributed by atoms with E-state index in [0.717, 1.165) is 18.5 Å². The van der Waals surface area contributed by atoms with Gasteiger partial charge in [-0.3, -0.25) is 0 Å². The van der Waals surface area contributed by atoms with Gasteiger partial charge in [-0.15, -0.1) is 0 Å². The summed E-state index contributed by atoms with van der Waals surface area (Å²) in [6.07, 6.45) is 7.86. The maximum Gasteiger partial charge on any atom is 0.107 e. The molecule has 0 heterocycles. The molecule has 0 saturated heterocycles. The van der Waals surface area contributed by atoms with Crippen molar-refractivity contribution in [3.05, 3.63) is 29.1 Å². The van der Waals surface area contributed by atoms with Crippen molar-refractivity contribution in [2.75, 3.05) is 7.05 Å². The van der Waals surface area contributed by atoms with Gasteiger partial charge in [0.05, 0.1) is 7.05 Å². The first-order valence-corrected chi connectivity index (χ1v) is 3.17. The van der Waals surface area contributed by atoms with E-state index < -0.39 is 0 Å². The Kier molecular flexibility index (Phi) is 2.03. The second-order valence-electron chi connectivity index (χ2n) is 2.21. The minimum absolute atomic E-state index is 0.208. The Labute approximate surface area is 55.1 Å². The summed E-state index contributed by atoms with van der Waals surface area (Å²) in [5.41, 5.74) is 0.956. The van der Waals surface area contributed by atoms with E-state index in [4.69, 9.17) is 0 Å². The number of allylic oxidation sites excluding steroid dienone is 4. The molecule has 0 radical (unpaired) electrons. The fraction of sp³-hybridized carbons (Fsp3) is 0.429. The van der Waals surface area contributed by atoms with Crippen molar-refractivity contribution >= 4 is 0 Å². The summed E-state index contributed by atoms with van der Waals surface area (Å²) in [5.74, 6) is 0. The van der Waals surface area contributed by atoms with Crippen molar-refractivity contribution < 1.29 is 5.06 Å². The van der Waals surface area contributed by atoms with E-state index in [9.17, 15) is 5.21 Å². The molecule has 2 heteroatoms. The number of hydroxylamine groups is 2. The van der Waals surface area contributed by atoms with Crippen LogP contribution in [0, 0.1) is 5.21 Å². The maximum atomic E-state index is 10.7. The van der Waals surface area contributed by atoms with E-state index in [-0.39, 0.29) is 5.06 Å². The van der Waals surface area contributed by atoms with Crippen molar-refractivity contribution in [3.63, 3.8) is 0 Å². The first kappa shape index (κ1) is 6.52. The predicted octanol–water partition coefficient (Wildman–Crippen LogP) is 0.233. The fourth-order valence-electron chi connectivity index (χ4n) is 0.896. The third-order valence-electron chi connectivity index (χ3n) is 1.47. The highest BCUT2D eigenvalue weighted by molar-refractivity contribution is 5.11. The zero-order valence-electron chi connectivity index (χ0n) is 5.55. The largest absolute Gasteiger partial charge is 0.629 e. The van der Waals surface area contributed by atoms with Crippen LogP contribution in [0.15, 0.2) is 23.9 Å². The topological polar surface area (TPSA) is 27.5 Å². The van der Waals surface area contributed by atoms with Gasteiger partial charge in [0.25, 0.3) is 0 Å². The molecule has 50 valence electrons. The normalized spacial score (nSPS) is 21.3. The summed E-state index contributed by atoms with van der Waals surface area (Å²) >= 11 is 0. The highest BCUT2D eigenvalue weighted by atomic mass is 16.5. The van der Waals surface area contributed by atoms with Crippen molar-refractivity contribution in [3.8, 4) is 0 Å². The first-order valence-electron chi connectivity index (χ1n) is 3.17. The lowest BCUT2D eigenvalue weighted by atomic mass is 10.1. The predicted molar refractivity (Wildman–Crippen MR) is 36.7 cm³/mol. The van der Waals surface area contributed by atoms with Gasteiger partial charge >= 0.3 is 0 Å². The fourth-order valence-corrected chi connectivity index (χ4v) is 0.896. The summed E-state index contributed by atoms with van der Waals surface area (Å²) in [4.78, 5) is 0. The first-order chi connectivity index (χ1) is 4.30. The van der Waals surface area contributed by atoms with Gasteiger partial charge in [0, 0.05) is 6.42 Å². The Balaban J connectivity index is 2.57. The summed E-state index contributed by atoms with van der Waals surface area (Å²) in [6.45, 7) is 0. The molecule has 1 rings (SSSR count). The van der Waals surface area contributed by atoms with E-state index in [0.29, 0.717) is 0 Å². The van der Waals surface area contributed by atoms with Crippen molar-refractivity contribution in [2.45, 2.75) is 12.8 Å². The molecule has 0 aromatic rings. The lowest BCUT2D eigenvalue weighted by molar-refractivity contribution is -0.784. The maximum absolute atomic E-state index is 10.7. The number of quaternary nitrogens is 1. The molecular formula is C7H11NO. The average Bonchev–Trinajstić information content (AvgIpc) is 1.90. The number of rotatable bonds is 1. The van der Waals surface area contributed by atoms with Crippen LogP contribution in [0.2, 0.25) is 0 Å². The summed E-state index contributed by atoms with van der Waals surface area (Å²) in [7, 11) is 1.62. The van der Waals surface area contributed by atoms with Crippen molar-refractivity contribution in [2.24, 2.45) is 0 Å². The summed E-state index contributed by atoms with van der Waals surface area (Å²) < 4.78 is 0. The molecule has 9 heavy (non-hydrogen) atoms. The van der Waals surface area contributed by atoms with Crippen LogP contribution in [0.1, 0.15) is 12.8 Å². The van der Waals surface area contributed by atoms with Gasteiger partial charge in [-0.05, 0) is 12.5 Å². The molecule has 1 unspecified atom stereocenters. The summed E-state index contributed by atoms with van der Waals surface area (Å²) in [5, 5.41) is 10.9. The van der Waals surface area contributed by atoms with E-state index in [1.165, 1.54) is 0 Å². The lowest BCUT2D eigenvalue weighted by Gasteiger charge is -2.19. The van der Waals surface area contributed by atoms with Crippen LogP contribution in [-0.4, -0.2) is 7.05 Å². The van der Waals surface area contributed by atoms with E-state index in [1.54, 1.807) is 7.05 Å². The van der Waals surface area contributed by atoms with Crippen LogP contribution in [0.25, 0.3) is 0 Å². The van der Waals surface area contributed by atoms with E-state index >= 15 is 0 Å². The van der Waals surface area contributed by atoms with Crippen LogP contribution < -0.4 is 5.06 Å². The Hall–Kier alpha value is -0.600. The van der Waals surface area contributed by atoms with Crippen molar-refractivity contribution in [1.29, 1.82) is 0 Å². The molecule has 0 amide bonds. The molecule has 2 nitrogen and oxygen atoms in total. The van der Waals surface area contributed by atoms with Crippen LogP contribution >= 0.6 is 0 Å². The van der Waals surface area contributed by atoms with Crippen LogP contribution in [0.4, 0.5) is 0 Å². The molecule has 1 aliphatic carbocycles. The molecule has 1 atom stereocenters. The van der Waals surface area contributed by atoms with Gasteiger partial charge in [0.15, 0.2) is 0 Å². The Morgan fingerprint density at radius 2 is 2.44 bits per heavy atom. The lowest BCUT2D eigenvalue weighted by Crippen LogP contribution is -3.01. The second-order valence-corrected chi connectivity index (χ2v) is 2.21. The van der Waals surface area contributed by atoms with Gasteiger partial charge in [-0.25, -0.2) is 0 Å². The molecule has 1 aliphatic rings. The molecule has 0 spiro atoms. The third-order valence-corrected chi connectivity index (χ3v) is 1.47. The van der Waals surface area contributed by atoms with Crippen LogP contribution in [-0.2, 0) is 0 Å². The van der Waals surface area contributed by atoms with Gasteiger partial charge in [0.1, 0.15) is 5.70 Å². The SMILES string of the molecule is C[NH+]([O-])C1=CC=CCC1. The number of nitrogens with one attached hydrogen (secondary N) is 1. The van der Waals surface area contributed by atoms with Gasteiger partial charge in [0.2, 0.25) is 0 Å². The van der Waals surface area contributed by atoms with Crippen molar-refractivity contribution in [1.82, 2.24) is 0 Å². The highest BCUT2D eigenvalue weighted by Crippen LogP contribution is 2.04. The van der Waals surface area contributed by atoms with Crippen LogP contribution in [0.3, 0.4) is 0 Å².